The number of nitrogens with two attached hydrogens (primary N) is 1. The predicted molar refractivity (Wildman–Crippen MR) is 42.0 cm³/mol. The normalized spacial score (nSPS) is 12.2. The van der Waals surface area contributed by atoms with Crippen LogP contribution in [-0.4, -0.2) is 4.98 Å². The maximum Gasteiger partial charge on any atom is 0.421 e. The Morgan fingerprint density at radius 2 is 1.88 bits per heavy atom. The van der Waals surface area contributed by atoms with Crippen LogP contribution in [0, 0.1) is 5.82 Å². The molecule has 0 amide bonds. The Hall–Kier alpha value is -1.31. The quantitative estimate of drug-likeness (QED) is 0.812. The molecule has 0 unspecified atom stereocenters. The maximum atomic E-state index is 13.2. The van der Waals surface area contributed by atoms with E-state index in [9.17, 15) is 26.3 Å². The molecule has 0 aliphatic rings. The molecular weight excluding hydrogens is 238 g/mol. The van der Waals surface area contributed by atoms with Gasteiger partial charge >= 0.3 is 6.18 Å². The molecule has 0 atom stereocenters. The SMILES string of the molecule is NCc1ncc(C(F)F)c(F)c1C(F)(F)F. The molecule has 1 heterocycles. The number of alkyl halides is 5. The summed E-state index contributed by atoms with van der Waals surface area (Å²) in [4.78, 5) is 3.08. The number of halogens is 6. The highest BCUT2D eigenvalue weighted by Crippen LogP contribution is 2.36. The summed E-state index contributed by atoms with van der Waals surface area (Å²) >= 11 is 0. The lowest BCUT2D eigenvalue weighted by Crippen LogP contribution is -2.18. The fraction of sp³-hybridized carbons (Fsp3) is 0.375. The van der Waals surface area contributed by atoms with Gasteiger partial charge in [-0.05, 0) is 0 Å². The largest absolute Gasteiger partial charge is 0.421 e. The molecule has 2 nitrogen and oxygen atoms in total. The minimum Gasteiger partial charge on any atom is -0.325 e. The first-order valence-corrected chi connectivity index (χ1v) is 4.01. The van der Waals surface area contributed by atoms with Gasteiger partial charge in [0.2, 0.25) is 0 Å². The van der Waals surface area contributed by atoms with E-state index in [2.05, 4.69) is 4.98 Å². The first-order chi connectivity index (χ1) is 7.29. The summed E-state index contributed by atoms with van der Waals surface area (Å²) < 4.78 is 74.6. The summed E-state index contributed by atoms with van der Waals surface area (Å²) in [6.07, 6.45) is -8.10. The van der Waals surface area contributed by atoms with Crippen LogP contribution in [-0.2, 0) is 12.7 Å². The molecule has 0 radical (unpaired) electrons. The number of nitrogens with zero attached hydrogens (tertiary/aromatic N) is 1. The van der Waals surface area contributed by atoms with Crippen LogP contribution >= 0.6 is 0 Å². The molecule has 90 valence electrons. The second kappa shape index (κ2) is 4.28. The molecule has 0 spiro atoms. The second-order valence-electron chi connectivity index (χ2n) is 2.85. The molecule has 0 fully saturated rings. The van der Waals surface area contributed by atoms with Gasteiger partial charge in [0, 0.05) is 12.7 Å². The average molecular weight is 244 g/mol. The van der Waals surface area contributed by atoms with Gasteiger partial charge in [-0.25, -0.2) is 13.2 Å². The molecule has 0 aliphatic heterocycles. The molecule has 2 N–H and O–H groups in total. The number of aromatic nitrogens is 1. The lowest BCUT2D eigenvalue weighted by Gasteiger charge is -2.13. The van der Waals surface area contributed by atoms with Gasteiger partial charge in [0.1, 0.15) is 11.4 Å². The molecule has 1 aromatic heterocycles. The van der Waals surface area contributed by atoms with Crippen molar-refractivity contribution in [1.29, 1.82) is 0 Å². The van der Waals surface area contributed by atoms with Crippen molar-refractivity contribution < 1.29 is 26.3 Å². The van der Waals surface area contributed by atoms with Gasteiger partial charge in [0.05, 0.1) is 11.3 Å². The topological polar surface area (TPSA) is 38.9 Å². The third-order valence-electron chi connectivity index (χ3n) is 1.83. The van der Waals surface area contributed by atoms with Crippen molar-refractivity contribution in [1.82, 2.24) is 4.98 Å². The van der Waals surface area contributed by atoms with Crippen molar-refractivity contribution in [3.05, 3.63) is 28.8 Å². The molecule has 0 aliphatic carbocycles. The van der Waals surface area contributed by atoms with Gasteiger partial charge in [0.15, 0.2) is 0 Å². The smallest absolute Gasteiger partial charge is 0.325 e. The molecular formula is C8H6F6N2. The Morgan fingerprint density at radius 1 is 1.31 bits per heavy atom. The van der Waals surface area contributed by atoms with Crippen LogP contribution in [0.15, 0.2) is 6.20 Å². The minimum atomic E-state index is -5.10. The molecule has 0 aromatic carbocycles. The zero-order chi connectivity index (χ0) is 12.5. The Kier molecular flexibility index (Phi) is 3.41. The van der Waals surface area contributed by atoms with Gasteiger partial charge < -0.3 is 5.73 Å². The molecule has 1 rings (SSSR count). The summed E-state index contributed by atoms with van der Waals surface area (Å²) in [6.45, 7) is -0.685. The minimum absolute atomic E-state index is 0.359. The Balaban J connectivity index is 3.47. The van der Waals surface area contributed by atoms with Crippen molar-refractivity contribution in [2.75, 3.05) is 0 Å². The number of hydrogen-bond donors (Lipinski definition) is 1. The standard InChI is InChI=1S/C8H6F6N2/c9-6-3(7(10)11)2-16-4(1-15)5(6)8(12,13)14/h2,7H,1,15H2. The van der Waals surface area contributed by atoms with Crippen LogP contribution in [0.3, 0.4) is 0 Å². The van der Waals surface area contributed by atoms with Crippen LogP contribution in [0.1, 0.15) is 23.2 Å². The summed E-state index contributed by atoms with van der Waals surface area (Å²) in [7, 11) is 0. The first-order valence-electron chi connectivity index (χ1n) is 4.01. The summed E-state index contributed by atoms with van der Waals surface area (Å²) in [5.74, 6) is -2.02. The average Bonchev–Trinajstić information content (AvgIpc) is 2.14. The van der Waals surface area contributed by atoms with E-state index < -0.39 is 41.8 Å². The molecule has 1 aromatic rings. The predicted octanol–water partition coefficient (Wildman–Crippen LogP) is 2.64. The monoisotopic (exact) mass is 244 g/mol. The number of pyridine rings is 1. The van der Waals surface area contributed by atoms with E-state index >= 15 is 0 Å². The van der Waals surface area contributed by atoms with Crippen LogP contribution < -0.4 is 5.73 Å². The summed E-state index contributed by atoms with van der Waals surface area (Å²) in [5, 5.41) is 0. The number of hydrogen-bond acceptors (Lipinski definition) is 2. The molecule has 0 saturated carbocycles. The third kappa shape index (κ3) is 2.26. The van der Waals surface area contributed by atoms with Gasteiger partial charge in [-0.3, -0.25) is 4.98 Å². The van der Waals surface area contributed by atoms with Crippen LogP contribution in [0.2, 0.25) is 0 Å². The van der Waals surface area contributed by atoms with Crippen LogP contribution in [0.5, 0.6) is 0 Å². The molecule has 8 heteroatoms. The van der Waals surface area contributed by atoms with Gasteiger partial charge in [-0.1, -0.05) is 0 Å². The maximum absolute atomic E-state index is 13.2. The second-order valence-corrected chi connectivity index (χ2v) is 2.85. The Morgan fingerprint density at radius 3 is 2.25 bits per heavy atom. The van der Waals surface area contributed by atoms with E-state index in [0.717, 1.165) is 0 Å². The van der Waals surface area contributed by atoms with E-state index in [-0.39, 0.29) is 0 Å². The van der Waals surface area contributed by atoms with Gasteiger partial charge in [-0.2, -0.15) is 13.2 Å². The lowest BCUT2D eigenvalue weighted by atomic mass is 10.1. The van der Waals surface area contributed by atoms with Crippen molar-refractivity contribution in [2.45, 2.75) is 19.1 Å². The Labute approximate surface area is 86.1 Å². The fourth-order valence-electron chi connectivity index (χ4n) is 1.13. The summed E-state index contributed by atoms with van der Waals surface area (Å²) in [6, 6.07) is 0. The third-order valence-corrected chi connectivity index (χ3v) is 1.83. The van der Waals surface area contributed by atoms with E-state index in [1.54, 1.807) is 0 Å². The molecule has 0 bridgehead atoms. The zero-order valence-corrected chi connectivity index (χ0v) is 7.65. The lowest BCUT2D eigenvalue weighted by molar-refractivity contribution is -0.141. The zero-order valence-electron chi connectivity index (χ0n) is 7.65. The van der Waals surface area contributed by atoms with Crippen molar-refractivity contribution >= 4 is 0 Å². The number of rotatable bonds is 2. The van der Waals surface area contributed by atoms with E-state index in [1.165, 1.54) is 0 Å². The fourth-order valence-corrected chi connectivity index (χ4v) is 1.13. The van der Waals surface area contributed by atoms with Crippen molar-refractivity contribution in [2.24, 2.45) is 5.73 Å². The molecule has 0 saturated heterocycles. The van der Waals surface area contributed by atoms with Crippen molar-refractivity contribution in [3.8, 4) is 0 Å². The molecule has 16 heavy (non-hydrogen) atoms. The highest BCUT2D eigenvalue weighted by Gasteiger charge is 2.39. The van der Waals surface area contributed by atoms with Crippen LogP contribution in [0.4, 0.5) is 26.3 Å². The van der Waals surface area contributed by atoms with E-state index in [0.29, 0.717) is 6.20 Å². The first kappa shape index (κ1) is 12.8. The van der Waals surface area contributed by atoms with E-state index in [4.69, 9.17) is 5.73 Å². The Bertz CT molecular complexity index is 387. The van der Waals surface area contributed by atoms with Crippen molar-refractivity contribution in [3.63, 3.8) is 0 Å². The highest BCUT2D eigenvalue weighted by atomic mass is 19.4. The van der Waals surface area contributed by atoms with E-state index in [1.807, 2.05) is 0 Å². The van der Waals surface area contributed by atoms with Gasteiger partial charge in [0.25, 0.3) is 6.43 Å². The van der Waals surface area contributed by atoms with Crippen LogP contribution in [0.25, 0.3) is 0 Å². The highest BCUT2D eigenvalue weighted by molar-refractivity contribution is 5.30. The summed E-state index contributed by atoms with van der Waals surface area (Å²) in [5.41, 5.74) is 0.918. The van der Waals surface area contributed by atoms with Gasteiger partial charge in [-0.15, -0.1) is 0 Å².